The number of nitrogens with one attached hydrogen (secondary N) is 1. The molecule has 1 aliphatic rings. The van der Waals surface area contributed by atoms with E-state index in [-0.39, 0.29) is 5.91 Å². The highest BCUT2D eigenvalue weighted by Gasteiger charge is 2.36. The van der Waals surface area contributed by atoms with Gasteiger partial charge in [-0.15, -0.1) is 0 Å². The number of hydrogen-bond donors (Lipinski definition) is 3. The van der Waals surface area contributed by atoms with Crippen LogP contribution >= 0.6 is 12.6 Å². The van der Waals surface area contributed by atoms with E-state index < -0.39 is 29.2 Å². The van der Waals surface area contributed by atoms with Gasteiger partial charge in [0, 0.05) is 5.69 Å². The van der Waals surface area contributed by atoms with Gasteiger partial charge >= 0.3 is 5.97 Å². The van der Waals surface area contributed by atoms with Crippen LogP contribution in [0.2, 0.25) is 0 Å². The number of aliphatic carboxylic acids is 1. The fourth-order valence-electron chi connectivity index (χ4n) is 3.54. The number of carboxylic acid groups (broad SMARTS) is 1. The molecule has 2 N–H and O–H groups in total. The van der Waals surface area contributed by atoms with Crippen LogP contribution in [0.15, 0.2) is 54.6 Å². The summed E-state index contributed by atoms with van der Waals surface area (Å²) < 4.78 is -1.02. The monoisotopic (exact) mass is 412 g/mol. The number of aryl methyl sites for hydroxylation is 1. The Morgan fingerprint density at radius 2 is 1.83 bits per heavy atom. The number of thiol groups is 1. The van der Waals surface area contributed by atoms with Gasteiger partial charge in [-0.1, -0.05) is 48.5 Å². The summed E-state index contributed by atoms with van der Waals surface area (Å²) in [5.41, 5.74) is 2.43. The number of amides is 2. The lowest BCUT2D eigenvalue weighted by Crippen LogP contribution is -2.53. The number of anilines is 1. The molecule has 2 atom stereocenters. The van der Waals surface area contributed by atoms with E-state index in [1.165, 1.54) is 4.90 Å². The van der Waals surface area contributed by atoms with Crippen LogP contribution in [0.1, 0.15) is 24.5 Å². The number of nitrogens with zero attached hydrogens (tertiary/aromatic N) is 1. The molecule has 2 aromatic carbocycles. The molecule has 0 spiro atoms. The predicted molar refractivity (Wildman–Crippen MR) is 114 cm³/mol. The molecule has 3 rings (SSSR count). The molecule has 0 radical (unpaired) electrons. The first-order valence-electron chi connectivity index (χ1n) is 9.46. The summed E-state index contributed by atoms with van der Waals surface area (Å²) in [6, 6.07) is 16.0. The van der Waals surface area contributed by atoms with E-state index in [9.17, 15) is 19.5 Å². The summed E-state index contributed by atoms with van der Waals surface area (Å²) in [5.74, 6) is -1.89. The number of carbonyl (C=O) groups is 3. The van der Waals surface area contributed by atoms with Crippen LogP contribution in [0.5, 0.6) is 0 Å². The van der Waals surface area contributed by atoms with Gasteiger partial charge in [-0.2, -0.15) is 12.6 Å². The highest BCUT2D eigenvalue weighted by molar-refractivity contribution is 7.82. The minimum atomic E-state index is -1.11. The van der Waals surface area contributed by atoms with Crippen molar-refractivity contribution in [2.75, 3.05) is 11.4 Å². The average Bonchev–Trinajstić information content (AvgIpc) is 2.80. The van der Waals surface area contributed by atoms with Gasteiger partial charge in [-0.05, 0) is 43.4 Å². The van der Waals surface area contributed by atoms with Crippen molar-refractivity contribution < 1.29 is 19.5 Å². The van der Waals surface area contributed by atoms with Crippen LogP contribution in [-0.2, 0) is 27.2 Å². The molecular formula is C22H24N2O4S. The maximum atomic E-state index is 13.1. The third-order valence-corrected chi connectivity index (χ3v) is 5.39. The normalized spacial score (nSPS) is 18.3. The topological polar surface area (TPSA) is 86.7 Å². The second kappa shape index (κ2) is 8.69. The minimum absolute atomic E-state index is 0.357. The van der Waals surface area contributed by atoms with Crippen molar-refractivity contribution in [3.05, 3.63) is 65.7 Å². The Hall–Kier alpha value is -2.80. The molecule has 0 aliphatic carbocycles. The van der Waals surface area contributed by atoms with Crippen LogP contribution < -0.4 is 10.2 Å². The van der Waals surface area contributed by atoms with Gasteiger partial charge in [0.25, 0.3) is 0 Å². The Labute approximate surface area is 175 Å². The molecule has 0 saturated carbocycles. The SMILES string of the molecule is CC(S)(Cc1ccccc1)C(=O)N[C@H]1CCc2ccccc2N(CC(=O)O)C1=O. The summed E-state index contributed by atoms with van der Waals surface area (Å²) in [6.45, 7) is 1.26. The number of hydrogen-bond acceptors (Lipinski definition) is 4. The van der Waals surface area contributed by atoms with Gasteiger partial charge < -0.3 is 10.4 Å². The largest absolute Gasteiger partial charge is 0.480 e. The van der Waals surface area contributed by atoms with E-state index in [1.807, 2.05) is 42.5 Å². The van der Waals surface area contributed by atoms with Gasteiger partial charge in [0.05, 0.1) is 4.75 Å². The maximum absolute atomic E-state index is 13.1. The first-order chi connectivity index (χ1) is 13.8. The number of carboxylic acids is 1. The van der Waals surface area contributed by atoms with Gasteiger partial charge in [0.1, 0.15) is 12.6 Å². The highest BCUT2D eigenvalue weighted by atomic mass is 32.1. The van der Waals surface area contributed by atoms with Crippen molar-refractivity contribution >= 4 is 36.1 Å². The molecule has 0 fully saturated rings. The van der Waals surface area contributed by atoms with E-state index in [0.29, 0.717) is 24.9 Å². The standard InChI is InChI=1S/C22H24N2O4S/c1-22(29,13-15-7-3-2-4-8-15)21(28)23-17-12-11-16-9-5-6-10-18(16)24(20(17)27)14-19(25)26/h2-10,17,29H,11-14H2,1H3,(H,23,28)(H,25,26)/t17-,22?/m0/s1. The highest BCUT2D eigenvalue weighted by Crippen LogP contribution is 2.28. The van der Waals surface area contributed by atoms with Crippen LogP contribution in [0, 0.1) is 0 Å². The van der Waals surface area contributed by atoms with Crippen LogP contribution in [0.4, 0.5) is 5.69 Å². The second-order valence-corrected chi connectivity index (χ2v) is 8.43. The maximum Gasteiger partial charge on any atom is 0.323 e. The van der Waals surface area contributed by atoms with Crippen molar-refractivity contribution in [3.63, 3.8) is 0 Å². The van der Waals surface area contributed by atoms with Crippen molar-refractivity contribution in [1.29, 1.82) is 0 Å². The van der Waals surface area contributed by atoms with Gasteiger partial charge in [0.15, 0.2) is 0 Å². The van der Waals surface area contributed by atoms with E-state index in [4.69, 9.17) is 0 Å². The minimum Gasteiger partial charge on any atom is -0.480 e. The Morgan fingerprint density at radius 1 is 1.17 bits per heavy atom. The zero-order valence-electron chi connectivity index (χ0n) is 16.2. The average molecular weight is 413 g/mol. The molecule has 29 heavy (non-hydrogen) atoms. The van der Waals surface area contributed by atoms with Crippen LogP contribution in [0.3, 0.4) is 0 Å². The van der Waals surface area contributed by atoms with Gasteiger partial charge in [-0.25, -0.2) is 0 Å². The van der Waals surface area contributed by atoms with E-state index in [1.54, 1.807) is 19.1 Å². The molecule has 0 saturated heterocycles. The quantitative estimate of drug-likeness (QED) is 0.636. The fourth-order valence-corrected chi connectivity index (χ4v) is 3.78. The van der Waals surface area contributed by atoms with Crippen molar-refractivity contribution in [3.8, 4) is 0 Å². The lowest BCUT2D eigenvalue weighted by Gasteiger charge is -2.28. The Kier molecular flexibility index (Phi) is 6.27. The molecule has 1 unspecified atom stereocenters. The second-order valence-electron chi connectivity index (χ2n) is 7.45. The molecule has 0 bridgehead atoms. The smallest absolute Gasteiger partial charge is 0.323 e. The number of para-hydroxylation sites is 1. The van der Waals surface area contributed by atoms with Crippen LogP contribution in [0.25, 0.3) is 0 Å². The molecule has 6 nitrogen and oxygen atoms in total. The molecule has 152 valence electrons. The van der Waals surface area contributed by atoms with Gasteiger partial charge in [-0.3, -0.25) is 19.3 Å². The van der Waals surface area contributed by atoms with E-state index in [2.05, 4.69) is 17.9 Å². The van der Waals surface area contributed by atoms with E-state index >= 15 is 0 Å². The summed E-state index contributed by atoms with van der Waals surface area (Å²) in [5, 5.41) is 12.1. The number of benzene rings is 2. The fraction of sp³-hybridized carbons (Fsp3) is 0.318. The Morgan fingerprint density at radius 3 is 2.52 bits per heavy atom. The summed E-state index contributed by atoms with van der Waals surface area (Å²) in [7, 11) is 0. The lowest BCUT2D eigenvalue weighted by molar-refractivity contribution is -0.137. The molecule has 1 aliphatic heterocycles. The first-order valence-corrected chi connectivity index (χ1v) is 9.91. The molecule has 0 aromatic heterocycles. The molecule has 7 heteroatoms. The van der Waals surface area contributed by atoms with Gasteiger partial charge in [0.2, 0.25) is 11.8 Å². The Balaban J connectivity index is 1.79. The van der Waals surface area contributed by atoms with E-state index in [0.717, 1.165) is 11.1 Å². The number of fused-ring (bicyclic) bond motifs is 1. The summed E-state index contributed by atoms with van der Waals surface area (Å²) in [4.78, 5) is 38.6. The first kappa shape index (κ1) is 20.9. The molecular weight excluding hydrogens is 388 g/mol. The molecule has 2 amide bonds. The van der Waals surface area contributed by atoms with Crippen LogP contribution in [-0.4, -0.2) is 40.2 Å². The van der Waals surface area contributed by atoms with Crippen molar-refractivity contribution in [1.82, 2.24) is 5.32 Å². The predicted octanol–water partition coefficient (Wildman–Crippen LogP) is 2.47. The van der Waals surface area contributed by atoms with Crippen molar-refractivity contribution in [2.45, 2.75) is 37.0 Å². The molecule has 2 aromatic rings. The zero-order chi connectivity index (χ0) is 21.0. The zero-order valence-corrected chi connectivity index (χ0v) is 17.1. The number of rotatable bonds is 6. The summed E-state index contributed by atoms with van der Waals surface area (Å²) >= 11 is 4.55. The number of carbonyl (C=O) groups excluding carboxylic acids is 2. The van der Waals surface area contributed by atoms with Crippen molar-refractivity contribution in [2.24, 2.45) is 0 Å². The Bertz CT molecular complexity index is 914. The molecule has 1 heterocycles. The third kappa shape index (κ3) is 4.98. The third-order valence-electron chi connectivity index (χ3n) is 5.03. The lowest BCUT2D eigenvalue weighted by atomic mass is 9.98. The summed E-state index contributed by atoms with van der Waals surface area (Å²) in [6.07, 6.45) is 1.36.